The van der Waals surface area contributed by atoms with E-state index in [1.807, 2.05) is 30.3 Å². The summed E-state index contributed by atoms with van der Waals surface area (Å²) in [7, 11) is -2.82. The Morgan fingerprint density at radius 1 is 1.33 bits per heavy atom. The predicted molar refractivity (Wildman–Crippen MR) is 82.3 cm³/mol. The fourth-order valence-electron chi connectivity index (χ4n) is 2.52. The number of aromatic nitrogens is 1. The van der Waals surface area contributed by atoms with Crippen molar-refractivity contribution in [3.63, 3.8) is 0 Å². The Balaban J connectivity index is 1.48. The number of nitrogens with zero attached hydrogens (tertiary/aromatic N) is 1. The molecule has 0 amide bonds. The van der Waals surface area contributed by atoms with Crippen molar-refractivity contribution in [1.29, 1.82) is 0 Å². The Morgan fingerprint density at radius 2 is 2.24 bits per heavy atom. The number of sulfone groups is 1. The van der Waals surface area contributed by atoms with Crippen molar-refractivity contribution in [2.24, 2.45) is 0 Å². The van der Waals surface area contributed by atoms with Crippen molar-refractivity contribution in [3.8, 4) is 5.75 Å². The molecule has 6 heteroatoms. The molecule has 1 aromatic carbocycles. The first-order valence-electron chi connectivity index (χ1n) is 7.04. The zero-order valence-electron chi connectivity index (χ0n) is 11.7. The van der Waals surface area contributed by atoms with Gasteiger partial charge in [-0.25, -0.2) is 8.42 Å². The monoisotopic (exact) mass is 306 g/mol. The van der Waals surface area contributed by atoms with Crippen LogP contribution in [0, 0.1) is 0 Å². The molecular weight excluding hydrogens is 288 g/mol. The van der Waals surface area contributed by atoms with E-state index in [0.717, 1.165) is 16.7 Å². The van der Waals surface area contributed by atoms with Crippen LogP contribution in [0.4, 0.5) is 0 Å². The van der Waals surface area contributed by atoms with Gasteiger partial charge in [-0.1, -0.05) is 6.07 Å². The van der Waals surface area contributed by atoms with Crippen LogP contribution in [-0.2, 0) is 9.84 Å². The Kier molecular flexibility index (Phi) is 4.07. The first kappa shape index (κ1) is 14.3. The number of rotatable bonds is 5. The highest BCUT2D eigenvalue weighted by molar-refractivity contribution is 7.91. The summed E-state index contributed by atoms with van der Waals surface area (Å²) < 4.78 is 28.4. The zero-order valence-corrected chi connectivity index (χ0v) is 12.5. The fourth-order valence-corrected chi connectivity index (χ4v) is 4.23. The number of hydrogen-bond donors (Lipinski definition) is 1. The molecule has 1 aliphatic rings. The number of hydrogen-bond acceptors (Lipinski definition) is 5. The van der Waals surface area contributed by atoms with Crippen molar-refractivity contribution in [1.82, 2.24) is 10.3 Å². The second-order valence-corrected chi connectivity index (χ2v) is 7.49. The van der Waals surface area contributed by atoms with Crippen LogP contribution in [0.3, 0.4) is 0 Å². The van der Waals surface area contributed by atoms with E-state index in [-0.39, 0.29) is 11.8 Å². The molecule has 2 aromatic rings. The molecule has 5 nitrogen and oxygen atoms in total. The van der Waals surface area contributed by atoms with E-state index in [1.54, 1.807) is 6.20 Å². The van der Waals surface area contributed by atoms with E-state index in [0.29, 0.717) is 25.3 Å². The summed E-state index contributed by atoms with van der Waals surface area (Å²) >= 11 is 0. The van der Waals surface area contributed by atoms with E-state index in [2.05, 4.69) is 10.3 Å². The first-order valence-corrected chi connectivity index (χ1v) is 8.86. The number of pyridine rings is 1. The Labute approximate surface area is 124 Å². The van der Waals surface area contributed by atoms with Gasteiger partial charge in [0, 0.05) is 30.2 Å². The quantitative estimate of drug-likeness (QED) is 0.846. The molecule has 1 unspecified atom stereocenters. The third kappa shape index (κ3) is 3.71. The Bertz CT molecular complexity index is 731. The largest absolute Gasteiger partial charge is 0.492 e. The van der Waals surface area contributed by atoms with Gasteiger partial charge < -0.3 is 10.1 Å². The van der Waals surface area contributed by atoms with Gasteiger partial charge >= 0.3 is 0 Å². The van der Waals surface area contributed by atoms with Crippen molar-refractivity contribution in [2.75, 3.05) is 24.7 Å². The van der Waals surface area contributed by atoms with E-state index in [4.69, 9.17) is 4.74 Å². The van der Waals surface area contributed by atoms with Crippen molar-refractivity contribution >= 4 is 20.7 Å². The van der Waals surface area contributed by atoms with E-state index in [1.165, 1.54) is 0 Å². The lowest BCUT2D eigenvalue weighted by Gasteiger charge is -2.11. The summed E-state index contributed by atoms with van der Waals surface area (Å²) in [5.41, 5.74) is 0.907. The van der Waals surface area contributed by atoms with Crippen LogP contribution >= 0.6 is 0 Å². The predicted octanol–water partition coefficient (Wildman–Crippen LogP) is 1.39. The summed E-state index contributed by atoms with van der Waals surface area (Å²) in [6, 6.07) is 9.79. The lowest BCUT2D eigenvalue weighted by atomic mass is 10.2. The van der Waals surface area contributed by atoms with Gasteiger partial charge in [0.1, 0.15) is 12.4 Å². The maximum absolute atomic E-state index is 11.3. The molecule has 0 spiro atoms. The lowest BCUT2D eigenvalue weighted by Crippen LogP contribution is -2.33. The Morgan fingerprint density at radius 3 is 3.05 bits per heavy atom. The van der Waals surface area contributed by atoms with Gasteiger partial charge in [-0.2, -0.15) is 0 Å². The van der Waals surface area contributed by atoms with Crippen molar-refractivity contribution in [2.45, 2.75) is 12.5 Å². The van der Waals surface area contributed by atoms with Gasteiger partial charge in [-0.15, -0.1) is 0 Å². The Hall–Kier alpha value is -1.66. The van der Waals surface area contributed by atoms with Crippen LogP contribution < -0.4 is 10.1 Å². The molecule has 2 heterocycles. The summed E-state index contributed by atoms with van der Waals surface area (Å²) in [6.07, 6.45) is 2.45. The van der Waals surface area contributed by atoms with Crippen LogP contribution in [0.5, 0.6) is 5.75 Å². The van der Waals surface area contributed by atoms with Crippen LogP contribution in [0.2, 0.25) is 0 Å². The highest BCUT2D eigenvalue weighted by Crippen LogP contribution is 2.18. The van der Waals surface area contributed by atoms with E-state index >= 15 is 0 Å². The maximum Gasteiger partial charge on any atom is 0.151 e. The first-order chi connectivity index (χ1) is 10.1. The van der Waals surface area contributed by atoms with Crippen LogP contribution in [0.25, 0.3) is 10.9 Å². The molecule has 1 aliphatic heterocycles. The molecule has 1 fully saturated rings. The number of nitrogens with one attached hydrogen (secondary N) is 1. The lowest BCUT2D eigenvalue weighted by molar-refractivity contribution is 0.308. The second-order valence-electron chi connectivity index (χ2n) is 5.26. The minimum Gasteiger partial charge on any atom is -0.492 e. The molecular formula is C15H18N2O3S. The summed E-state index contributed by atoms with van der Waals surface area (Å²) in [6.45, 7) is 1.15. The van der Waals surface area contributed by atoms with E-state index in [9.17, 15) is 8.42 Å². The molecule has 0 saturated carbocycles. The smallest absolute Gasteiger partial charge is 0.151 e. The molecule has 1 N–H and O–H groups in total. The average Bonchev–Trinajstić information content (AvgIpc) is 2.83. The summed E-state index contributed by atoms with van der Waals surface area (Å²) in [5, 5.41) is 4.31. The third-order valence-electron chi connectivity index (χ3n) is 3.61. The topological polar surface area (TPSA) is 68.3 Å². The van der Waals surface area contributed by atoms with Gasteiger partial charge in [0.25, 0.3) is 0 Å². The molecule has 0 aliphatic carbocycles. The van der Waals surface area contributed by atoms with Gasteiger partial charge in [0.15, 0.2) is 9.84 Å². The second kappa shape index (κ2) is 5.99. The number of ether oxygens (including phenoxy) is 1. The minimum absolute atomic E-state index is 0.0665. The maximum atomic E-state index is 11.3. The van der Waals surface area contributed by atoms with Gasteiger partial charge in [-0.05, 0) is 24.6 Å². The summed E-state index contributed by atoms with van der Waals surface area (Å²) in [4.78, 5) is 4.29. The standard InChI is InChI=1S/C15H18N2O3S/c18-21(19)9-5-13(11-21)16-7-8-20-14-4-3-12-2-1-6-17-15(12)10-14/h1-4,6,10,13,16H,5,7-9,11H2. The van der Waals surface area contributed by atoms with E-state index < -0.39 is 9.84 Å². The highest BCUT2D eigenvalue weighted by atomic mass is 32.2. The SMILES string of the molecule is O=S1(=O)CCC(NCCOc2ccc3cccnc3c2)C1. The van der Waals surface area contributed by atoms with Crippen LogP contribution in [0.15, 0.2) is 36.5 Å². The molecule has 112 valence electrons. The van der Waals surface area contributed by atoms with Gasteiger partial charge in [0.2, 0.25) is 0 Å². The average molecular weight is 306 g/mol. The molecule has 21 heavy (non-hydrogen) atoms. The van der Waals surface area contributed by atoms with Crippen LogP contribution in [0.1, 0.15) is 6.42 Å². The molecule has 3 rings (SSSR count). The molecule has 1 atom stereocenters. The molecule has 1 aromatic heterocycles. The normalized spacial score (nSPS) is 20.7. The number of fused-ring (bicyclic) bond motifs is 1. The molecule has 0 radical (unpaired) electrons. The zero-order chi connectivity index (χ0) is 14.7. The fraction of sp³-hybridized carbons (Fsp3) is 0.400. The van der Waals surface area contributed by atoms with Crippen LogP contribution in [-0.4, -0.2) is 44.1 Å². The van der Waals surface area contributed by atoms with Crippen molar-refractivity contribution < 1.29 is 13.2 Å². The highest BCUT2D eigenvalue weighted by Gasteiger charge is 2.26. The van der Waals surface area contributed by atoms with Gasteiger partial charge in [-0.3, -0.25) is 4.98 Å². The van der Waals surface area contributed by atoms with Crippen molar-refractivity contribution in [3.05, 3.63) is 36.5 Å². The molecule has 1 saturated heterocycles. The molecule has 0 bridgehead atoms. The summed E-state index contributed by atoms with van der Waals surface area (Å²) in [5.74, 6) is 1.32. The minimum atomic E-state index is -2.82. The number of benzene rings is 1. The third-order valence-corrected chi connectivity index (χ3v) is 5.38. The van der Waals surface area contributed by atoms with Gasteiger partial charge in [0.05, 0.1) is 17.0 Å².